The van der Waals surface area contributed by atoms with Crippen LogP contribution in [-0.2, 0) is 0 Å². The first-order valence-corrected chi connectivity index (χ1v) is 9.21. The van der Waals surface area contributed by atoms with E-state index in [9.17, 15) is 4.79 Å². The number of hydrogen-bond donors (Lipinski definition) is 0. The monoisotopic (exact) mass is 336 g/mol. The largest absolute Gasteiger partial charge is 0.303 e. The number of carbonyl (C=O) groups is 1. The summed E-state index contributed by atoms with van der Waals surface area (Å²) >= 11 is 7.56. The zero-order chi connectivity index (χ0) is 15.8. The third-order valence-corrected chi connectivity index (χ3v) is 5.18. The standard InChI is InChI=1S/C17H21ClN2OS/c18-16-4-2-14(3-5-16)17(21)15-6-10-20(11-7-15)9-1-12-22-13-8-19/h2-5,15H,1,6-7,9-13H2. The third-order valence-electron chi connectivity index (χ3n) is 4.02. The van der Waals surface area contributed by atoms with Gasteiger partial charge in [0.25, 0.3) is 0 Å². The normalized spacial score (nSPS) is 16.4. The molecule has 3 nitrogen and oxygen atoms in total. The summed E-state index contributed by atoms with van der Waals surface area (Å²) < 4.78 is 0. The van der Waals surface area contributed by atoms with Crippen LogP contribution in [0, 0.1) is 17.2 Å². The van der Waals surface area contributed by atoms with Gasteiger partial charge >= 0.3 is 0 Å². The molecule has 2 rings (SSSR count). The summed E-state index contributed by atoms with van der Waals surface area (Å²) in [5.74, 6) is 2.01. The second-order valence-electron chi connectivity index (χ2n) is 5.55. The van der Waals surface area contributed by atoms with Crippen molar-refractivity contribution in [2.75, 3.05) is 31.1 Å². The van der Waals surface area contributed by atoms with Crippen LogP contribution in [0.4, 0.5) is 0 Å². The zero-order valence-corrected chi connectivity index (χ0v) is 14.2. The Morgan fingerprint density at radius 3 is 2.64 bits per heavy atom. The van der Waals surface area contributed by atoms with Crippen LogP contribution in [-0.4, -0.2) is 41.8 Å². The second kappa shape index (κ2) is 9.19. The number of benzene rings is 1. The van der Waals surface area contributed by atoms with E-state index in [2.05, 4.69) is 11.0 Å². The average molecular weight is 337 g/mol. The summed E-state index contributed by atoms with van der Waals surface area (Å²) in [6.45, 7) is 3.06. The van der Waals surface area contributed by atoms with Crippen LogP contribution < -0.4 is 0 Å². The maximum absolute atomic E-state index is 12.5. The van der Waals surface area contributed by atoms with Gasteiger partial charge in [-0.05, 0) is 68.9 Å². The van der Waals surface area contributed by atoms with Gasteiger partial charge in [-0.25, -0.2) is 0 Å². The van der Waals surface area contributed by atoms with Crippen molar-refractivity contribution in [1.82, 2.24) is 4.90 Å². The lowest BCUT2D eigenvalue weighted by Gasteiger charge is -2.31. The Bertz CT molecular complexity index is 518. The summed E-state index contributed by atoms with van der Waals surface area (Å²) in [5, 5.41) is 9.15. The highest BCUT2D eigenvalue weighted by Crippen LogP contribution is 2.23. The van der Waals surface area contributed by atoms with Crippen LogP contribution >= 0.6 is 23.4 Å². The van der Waals surface area contributed by atoms with Crippen molar-refractivity contribution in [2.45, 2.75) is 19.3 Å². The van der Waals surface area contributed by atoms with Crippen molar-refractivity contribution in [2.24, 2.45) is 5.92 Å². The minimum Gasteiger partial charge on any atom is -0.303 e. The number of ketones is 1. The SMILES string of the molecule is N#CCSCCCN1CCC(C(=O)c2ccc(Cl)cc2)CC1. The van der Waals surface area contributed by atoms with Crippen molar-refractivity contribution >= 4 is 29.1 Å². The molecule has 1 fully saturated rings. The Labute approximate surface area is 141 Å². The molecule has 0 aromatic heterocycles. The van der Waals surface area contributed by atoms with Gasteiger partial charge in [0.15, 0.2) is 5.78 Å². The summed E-state index contributed by atoms with van der Waals surface area (Å²) in [5.41, 5.74) is 0.774. The molecule has 1 aliphatic heterocycles. The molecule has 22 heavy (non-hydrogen) atoms. The maximum atomic E-state index is 12.5. The first-order valence-electron chi connectivity index (χ1n) is 7.67. The molecule has 0 atom stereocenters. The van der Waals surface area contributed by atoms with Crippen molar-refractivity contribution in [3.63, 3.8) is 0 Å². The molecule has 0 aliphatic carbocycles. The number of likely N-dealkylation sites (tertiary alicyclic amines) is 1. The number of thioether (sulfide) groups is 1. The fourth-order valence-electron chi connectivity index (χ4n) is 2.78. The van der Waals surface area contributed by atoms with Crippen LogP contribution in [0.3, 0.4) is 0 Å². The summed E-state index contributed by atoms with van der Waals surface area (Å²) in [7, 11) is 0. The molecule has 0 radical (unpaired) electrons. The molecule has 1 heterocycles. The van der Waals surface area contributed by atoms with Crippen LogP contribution in [0.1, 0.15) is 29.6 Å². The molecule has 0 unspecified atom stereocenters. The Morgan fingerprint density at radius 2 is 2.00 bits per heavy atom. The Morgan fingerprint density at radius 1 is 1.32 bits per heavy atom. The molecule has 5 heteroatoms. The quantitative estimate of drug-likeness (QED) is 0.560. The predicted molar refractivity (Wildman–Crippen MR) is 92.5 cm³/mol. The van der Waals surface area contributed by atoms with E-state index in [4.69, 9.17) is 16.9 Å². The zero-order valence-electron chi connectivity index (χ0n) is 12.6. The van der Waals surface area contributed by atoms with Gasteiger partial charge in [0.1, 0.15) is 0 Å². The topological polar surface area (TPSA) is 44.1 Å². The first-order chi connectivity index (χ1) is 10.7. The Kier molecular flexibility index (Phi) is 7.24. The summed E-state index contributed by atoms with van der Waals surface area (Å²) in [6.07, 6.45) is 2.99. The minimum atomic E-state index is 0.144. The van der Waals surface area contributed by atoms with Crippen LogP contribution in [0.25, 0.3) is 0 Å². The fourth-order valence-corrected chi connectivity index (χ4v) is 3.47. The molecule has 0 spiro atoms. The van der Waals surface area contributed by atoms with Gasteiger partial charge in [0.05, 0.1) is 11.8 Å². The molecule has 0 bridgehead atoms. The number of rotatable bonds is 7. The van der Waals surface area contributed by atoms with E-state index in [0.29, 0.717) is 10.8 Å². The van der Waals surface area contributed by atoms with Crippen LogP contribution in [0.15, 0.2) is 24.3 Å². The number of nitrogens with zero attached hydrogens (tertiary/aromatic N) is 2. The molecule has 0 amide bonds. The van der Waals surface area contributed by atoms with Crippen molar-refractivity contribution in [3.05, 3.63) is 34.9 Å². The number of hydrogen-bond acceptors (Lipinski definition) is 4. The number of piperidine rings is 1. The molecule has 1 aromatic rings. The predicted octanol–water partition coefficient (Wildman–Crippen LogP) is 3.88. The van der Waals surface area contributed by atoms with Crippen molar-refractivity contribution in [3.8, 4) is 6.07 Å². The van der Waals surface area contributed by atoms with E-state index in [1.807, 2.05) is 12.1 Å². The van der Waals surface area contributed by atoms with E-state index in [1.54, 1.807) is 23.9 Å². The minimum absolute atomic E-state index is 0.144. The van der Waals surface area contributed by atoms with Crippen molar-refractivity contribution in [1.29, 1.82) is 5.26 Å². The first kappa shape index (κ1) is 17.3. The van der Waals surface area contributed by atoms with Gasteiger partial charge < -0.3 is 4.90 Å². The second-order valence-corrected chi connectivity index (χ2v) is 7.09. The fraction of sp³-hybridized carbons (Fsp3) is 0.529. The number of halogens is 1. The Hall–Kier alpha value is -1.02. The third kappa shape index (κ3) is 5.31. The van der Waals surface area contributed by atoms with Gasteiger partial charge in [-0.3, -0.25) is 4.79 Å². The van der Waals surface area contributed by atoms with E-state index < -0.39 is 0 Å². The smallest absolute Gasteiger partial charge is 0.166 e. The lowest BCUT2D eigenvalue weighted by atomic mass is 9.89. The molecule has 0 N–H and O–H groups in total. The number of Topliss-reactive ketones (excluding diaryl/α,β-unsaturated/α-hetero) is 1. The molecule has 1 aliphatic rings. The highest BCUT2D eigenvalue weighted by Gasteiger charge is 2.25. The maximum Gasteiger partial charge on any atom is 0.166 e. The van der Waals surface area contributed by atoms with Crippen LogP contribution in [0.2, 0.25) is 5.02 Å². The van der Waals surface area contributed by atoms with Gasteiger partial charge in [-0.15, -0.1) is 11.8 Å². The molecule has 118 valence electrons. The summed E-state index contributed by atoms with van der Waals surface area (Å²) in [6, 6.07) is 9.35. The number of nitriles is 1. The molecule has 1 aromatic carbocycles. The van der Waals surface area contributed by atoms with E-state index in [1.165, 1.54) is 0 Å². The lowest BCUT2D eigenvalue weighted by molar-refractivity contribution is 0.0840. The van der Waals surface area contributed by atoms with E-state index in [-0.39, 0.29) is 11.7 Å². The van der Waals surface area contributed by atoms with Crippen molar-refractivity contribution < 1.29 is 4.79 Å². The summed E-state index contributed by atoms with van der Waals surface area (Å²) in [4.78, 5) is 14.9. The highest BCUT2D eigenvalue weighted by molar-refractivity contribution is 7.99. The van der Waals surface area contributed by atoms with Crippen LogP contribution in [0.5, 0.6) is 0 Å². The van der Waals surface area contributed by atoms with E-state index in [0.717, 1.165) is 50.2 Å². The molecular formula is C17H21ClN2OS. The lowest BCUT2D eigenvalue weighted by Crippen LogP contribution is -2.37. The van der Waals surface area contributed by atoms with E-state index >= 15 is 0 Å². The van der Waals surface area contributed by atoms with Gasteiger partial charge in [-0.1, -0.05) is 11.6 Å². The molecule has 0 saturated carbocycles. The van der Waals surface area contributed by atoms with Gasteiger partial charge in [0.2, 0.25) is 0 Å². The highest BCUT2D eigenvalue weighted by atomic mass is 35.5. The number of carbonyl (C=O) groups excluding carboxylic acids is 1. The average Bonchev–Trinajstić information content (AvgIpc) is 2.55. The van der Waals surface area contributed by atoms with Gasteiger partial charge in [-0.2, -0.15) is 5.26 Å². The van der Waals surface area contributed by atoms with Gasteiger partial charge in [0, 0.05) is 16.5 Å². The Balaban J connectivity index is 1.71. The molecular weight excluding hydrogens is 316 g/mol. The molecule has 1 saturated heterocycles.